The summed E-state index contributed by atoms with van der Waals surface area (Å²) < 4.78 is 44.2. The number of alkyl halides is 3. The minimum atomic E-state index is -4.69. The summed E-state index contributed by atoms with van der Waals surface area (Å²) in [5.41, 5.74) is 0.685. The van der Waals surface area contributed by atoms with Crippen LogP contribution in [0.15, 0.2) is 24.3 Å². The number of carbonyl (C=O) groups excluding carboxylic acids is 1. The van der Waals surface area contributed by atoms with Gasteiger partial charge in [-0.1, -0.05) is 19.1 Å². The molecule has 0 spiro atoms. The zero-order chi connectivity index (χ0) is 16.3. The molecule has 0 saturated heterocycles. The SMILES string of the molecule is CCC(=O)c1nc(C(F)(F)F)nn1Cc1ccc(OC)cc1. The van der Waals surface area contributed by atoms with Gasteiger partial charge in [-0.3, -0.25) is 4.79 Å². The molecule has 0 N–H and O–H groups in total. The maximum atomic E-state index is 12.7. The first-order valence-corrected chi connectivity index (χ1v) is 6.53. The fourth-order valence-electron chi connectivity index (χ4n) is 1.84. The number of ketones is 1. The van der Waals surface area contributed by atoms with Crippen molar-refractivity contribution in [3.8, 4) is 5.75 Å². The third kappa shape index (κ3) is 3.44. The fraction of sp³-hybridized carbons (Fsp3) is 0.357. The van der Waals surface area contributed by atoms with E-state index in [-0.39, 0.29) is 18.8 Å². The number of halogens is 3. The van der Waals surface area contributed by atoms with Crippen LogP contribution in [0.5, 0.6) is 5.75 Å². The largest absolute Gasteiger partial charge is 0.497 e. The molecule has 5 nitrogen and oxygen atoms in total. The zero-order valence-electron chi connectivity index (χ0n) is 12.0. The highest BCUT2D eigenvalue weighted by Gasteiger charge is 2.37. The van der Waals surface area contributed by atoms with Gasteiger partial charge >= 0.3 is 6.18 Å². The van der Waals surface area contributed by atoms with Crippen LogP contribution in [0.2, 0.25) is 0 Å². The third-order valence-electron chi connectivity index (χ3n) is 2.99. The molecular formula is C14H14F3N3O2. The second-order valence-corrected chi connectivity index (χ2v) is 4.54. The zero-order valence-corrected chi connectivity index (χ0v) is 12.0. The normalized spacial score (nSPS) is 11.5. The minimum Gasteiger partial charge on any atom is -0.497 e. The Balaban J connectivity index is 2.35. The van der Waals surface area contributed by atoms with Gasteiger partial charge in [0.1, 0.15) is 5.75 Å². The summed E-state index contributed by atoms with van der Waals surface area (Å²) in [4.78, 5) is 15.1. The van der Waals surface area contributed by atoms with Gasteiger partial charge in [-0.25, -0.2) is 4.68 Å². The van der Waals surface area contributed by atoms with E-state index in [0.717, 1.165) is 4.68 Å². The van der Waals surface area contributed by atoms with Crippen molar-refractivity contribution in [3.05, 3.63) is 41.5 Å². The van der Waals surface area contributed by atoms with Crippen LogP contribution >= 0.6 is 0 Å². The number of ether oxygens (including phenoxy) is 1. The monoisotopic (exact) mass is 313 g/mol. The Morgan fingerprint density at radius 2 is 1.91 bits per heavy atom. The molecule has 22 heavy (non-hydrogen) atoms. The number of hydrogen-bond donors (Lipinski definition) is 0. The minimum absolute atomic E-state index is 0.0220. The van der Waals surface area contributed by atoms with Gasteiger partial charge in [-0.05, 0) is 17.7 Å². The summed E-state index contributed by atoms with van der Waals surface area (Å²) in [5, 5.41) is 3.42. The first-order valence-electron chi connectivity index (χ1n) is 6.53. The Morgan fingerprint density at radius 3 is 2.41 bits per heavy atom. The summed E-state index contributed by atoms with van der Waals surface area (Å²) in [6, 6.07) is 6.73. The van der Waals surface area contributed by atoms with E-state index >= 15 is 0 Å². The summed E-state index contributed by atoms with van der Waals surface area (Å²) in [5.74, 6) is -1.46. The van der Waals surface area contributed by atoms with E-state index in [4.69, 9.17) is 4.74 Å². The molecule has 0 unspecified atom stereocenters. The predicted octanol–water partition coefficient (Wildman–Crippen LogP) is 2.95. The number of aromatic nitrogens is 3. The van der Waals surface area contributed by atoms with Gasteiger partial charge in [0, 0.05) is 6.42 Å². The van der Waals surface area contributed by atoms with E-state index in [9.17, 15) is 18.0 Å². The Labute approximate surface area is 124 Å². The van der Waals surface area contributed by atoms with E-state index in [1.54, 1.807) is 31.2 Å². The van der Waals surface area contributed by atoms with E-state index in [0.29, 0.717) is 11.3 Å². The van der Waals surface area contributed by atoms with Gasteiger partial charge in [0.2, 0.25) is 0 Å². The molecule has 0 amide bonds. The van der Waals surface area contributed by atoms with E-state index < -0.39 is 17.8 Å². The smallest absolute Gasteiger partial charge is 0.453 e. The second-order valence-electron chi connectivity index (χ2n) is 4.54. The summed E-state index contributed by atoms with van der Waals surface area (Å²) in [6.07, 6.45) is -4.63. The lowest BCUT2D eigenvalue weighted by molar-refractivity contribution is -0.145. The molecule has 0 aliphatic heterocycles. The molecule has 0 atom stereocenters. The molecule has 118 valence electrons. The summed E-state index contributed by atoms with van der Waals surface area (Å²) >= 11 is 0. The van der Waals surface area contributed by atoms with Crippen molar-refractivity contribution in [2.75, 3.05) is 7.11 Å². The summed E-state index contributed by atoms with van der Waals surface area (Å²) in [6.45, 7) is 1.58. The molecule has 2 aromatic rings. The van der Waals surface area contributed by atoms with Crippen LogP contribution in [0.3, 0.4) is 0 Å². The lowest BCUT2D eigenvalue weighted by atomic mass is 10.2. The van der Waals surface area contributed by atoms with E-state index in [1.165, 1.54) is 7.11 Å². The molecule has 0 bridgehead atoms. The van der Waals surface area contributed by atoms with Crippen molar-refractivity contribution in [1.29, 1.82) is 0 Å². The van der Waals surface area contributed by atoms with Gasteiger partial charge in [-0.2, -0.15) is 18.2 Å². The number of methoxy groups -OCH3 is 1. The van der Waals surface area contributed by atoms with E-state index in [2.05, 4.69) is 10.1 Å². The fourth-order valence-corrected chi connectivity index (χ4v) is 1.84. The maximum Gasteiger partial charge on any atom is 0.453 e. The highest BCUT2D eigenvalue weighted by Crippen LogP contribution is 2.27. The number of Topliss-reactive ketones (excluding diaryl/α,β-unsaturated/α-hetero) is 1. The highest BCUT2D eigenvalue weighted by molar-refractivity contribution is 5.92. The molecule has 2 rings (SSSR count). The average molecular weight is 313 g/mol. The van der Waals surface area contributed by atoms with Crippen molar-refractivity contribution >= 4 is 5.78 Å². The molecule has 1 aromatic carbocycles. The molecule has 0 fully saturated rings. The van der Waals surface area contributed by atoms with Crippen LogP contribution in [-0.4, -0.2) is 27.7 Å². The number of hydrogen-bond acceptors (Lipinski definition) is 4. The van der Waals surface area contributed by atoms with Gasteiger partial charge in [0.15, 0.2) is 11.6 Å². The lowest BCUT2D eigenvalue weighted by Crippen LogP contribution is -2.12. The quantitative estimate of drug-likeness (QED) is 0.796. The number of carbonyl (C=O) groups is 1. The third-order valence-corrected chi connectivity index (χ3v) is 2.99. The Kier molecular flexibility index (Phi) is 4.48. The number of benzene rings is 1. The molecule has 8 heteroatoms. The first-order chi connectivity index (χ1) is 10.3. The standard InChI is InChI=1S/C14H14F3N3O2/c1-3-11(21)12-18-13(14(15,16)17)19-20(12)8-9-4-6-10(22-2)7-5-9/h4-7H,3,8H2,1-2H3. The highest BCUT2D eigenvalue weighted by atomic mass is 19.4. The van der Waals surface area contributed by atoms with Crippen molar-refractivity contribution < 1.29 is 22.7 Å². The van der Waals surface area contributed by atoms with Crippen molar-refractivity contribution in [1.82, 2.24) is 14.8 Å². The second kappa shape index (κ2) is 6.17. The van der Waals surface area contributed by atoms with Crippen LogP contribution < -0.4 is 4.74 Å². The maximum absolute atomic E-state index is 12.7. The van der Waals surface area contributed by atoms with Crippen LogP contribution in [0.1, 0.15) is 35.4 Å². The van der Waals surface area contributed by atoms with Crippen LogP contribution in [0, 0.1) is 0 Å². The Bertz CT molecular complexity index is 663. The van der Waals surface area contributed by atoms with Gasteiger partial charge in [0.25, 0.3) is 5.82 Å². The topological polar surface area (TPSA) is 57.0 Å². The molecule has 1 aromatic heterocycles. The number of nitrogens with zero attached hydrogens (tertiary/aromatic N) is 3. The van der Waals surface area contributed by atoms with Crippen LogP contribution in [0.25, 0.3) is 0 Å². The molecule has 0 radical (unpaired) electrons. The number of rotatable bonds is 5. The predicted molar refractivity (Wildman–Crippen MR) is 71.7 cm³/mol. The molecular weight excluding hydrogens is 299 g/mol. The average Bonchev–Trinajstić information content (AvgIpc) is 2.91. The first kappa shape index (κ1) is 16.0. The Morgan fingerprint density at radius 1 is 1.27 bits per heavy atom. The van der Waals surface area contributed by atoms with Crippen LogP contribution in [-0.2, 0) is 12.7 Å². The Hall–Kier alpha value is -2.38. The molecule has 0 aliphatic rings. The van der Waals surface area contributed by atoms with Crippen molar-refractivity contribution in [2.45, 2.75) is 26.1 Å². The van der Waals surface area contributed by atoms with Gasteiger partial charge < -0.3 is 4.74 Å². The van der Waals surface area contributed by atoms with Gasteiger partial charge in [-0.15, -0.1) is 5.10 Å². The summed E-state index contributed by atoms with van der Waals surface area (Å²) in [7, 11) is 1.51. The molecule has 0 aliphatic carbocycles. The molecule has 0 saturated carbocycles. The van der Waals surface area contributed by atoms with E-state index in [1.807, 2.05) is 0 Å². The van der Waals surface area contributed by atoms with Gasteiger partial charge in [0.05, 0.1) is 13.7 Å². The van der Waals surface area contributed by atoms with Crippen molar-refractivity contribution in [3.63, 3.8) is 0 Å². The molecule has 1 heterocycles. The van der Waals surface area contributed by atoms with Crippen LogP contribution in [0.4, 0.5) is 13.2 Å². The van der Waals surface area contributed by atoms with Crippen molar-refractivity contribution in [2.24, 2.45) is 0 Å². The lowest BCUT2D eigenvalue weighted by Gasteiger charge is -2.06.